The highest BCUT2D eigenvalue weighted by Crippen LogP contribution is 2.44. The van der Waals surface area contributed by atoms with Crippen molar-refractivity contribution >= 4 is 5.91 Å². The zero-order valence-electron chi connectivity index (χ0n) is 14.4. The third kappa shape index (κ3) is 4.47. The number of aromatic nitrogens is 1. The summed E-state index contributed by atoms with van der Waals surface area (Å²) in [7, 11) is 0. The summed E-state index contributed by atoms with van der Waals surface area (Å²) in [6.07, 6.45) is 5.40. The molecule has 1 aromatic rings. The fourth-order valence-electron chi connectivity index (χ4n) is 2.73. The highest BCUT2D eigenvalue weighted by atomic mass is 16.5. The third-order valence-electron chi connectivity index (χ3n) is 4.46. The Labute approximate surface area is 143 Å². The highest BCUT2D eigenvalue weighted by Gasteiger charge is 2.30. The Bertz CT molecular complexity index is 643. The molecule has 2 aliphatic rings. The SMILES string of the molecule is CC(C)CC(C#N)NC(=O)c1ccc(C2CC2)c(OCC2CC2)n1. The summed E-state index contributed by atoms with van der Waals surface area (Å²) in [4.78, 5) is 16.9. The number of pyridine rings is 1. The predicted octanol–water partition coefficient (Wildman–Crippen LogP) is 3.42. The van der Waals surface area contributed by atoms with E-state index in [9.17, 15) is 10.1 Å². The summed E-state index contributed by atoms with van der Waals surface area (Å²) in [5, 5.41) is 12.0. The van der Waals surface area contributed by atoms with E-state index in [1.807, 2.05) is 19.9 Å². The van der Waals surface area contributed by atoms with Gasteiger partial charge < -0.3 is 10.1 Å². The fraction of sp³-hybridized carbons (Fsp3) is 0.632. The Morgan fingerprint density at radius 2 is 2.12 bits per heavy atom. The van der Waals surface area contributed by atoms with Gasteiger partial charge in [0.25, 0.3) is 5.91 Å². The number of carbonyl (C=O) groups is 1. The van der Waals surface area contributed by atoms with Crippen LogP contribution >= 0.6 is 0 Å². The molecule has 1 aromatic heterocycles. The standard InChI is InChI=1S/C19H25N3O2/c1-12(2)9-15(10-20)21-18(23)17-8-7-16(14-5-6-14)19(22-17)24-11-13-3-4-13/h7-8,12-15H,3-6,9,11H2,1-2H3,(H,21,23). The molecule has 0 spiro atoms. The Kier molecular flexibility index (Phi) is 5.03. The maximum Gasteiger partial charge on any atom is 0.271 e. The molecule has 3 rings (SSSR count). The lowest BCUT2D eigenvalue weighted by Crippen LogP contribution is -2.35. The van der Waals surface area contributed by atoms with Gasteiger partial charge in [-0.15, -0.1) is 0 Å². The molecule has 2 fully saturated rings. The molecule has 0 radical (unpaired) electrons. The lowest BCUT2D eigenvalue weighted by Gasteiger charge is -2.15. The van der Waals surface area contributed by atoms with E-state index < -0.39 is 6.04 Å². The molecule has 1 amide bonds. The number of nitrogens with zero attached hydrogens (tertiary/aromatic N) is 2. The van der Waals surface area contributed by atoms with Crippen LogP contribution in [0.4, 0.5) is 0 Å². The molecular weight excluding hydrogens is 302 g/mol. The van der Waals surface area contributed by atoms with Crippen molar-refractivity contribution in [1.82, 2.24) is 10.3 Å². The van der Waals surface area contributed by atoms with Crippen molar-refractivity contribution in [3.63, 3.8) is 0 Å². The lowest BCUT2D eigenvalue weighted by molar-refractivity contribution is 0.0935. The van der Waals surface area contributed by atoms with Gasteiger partial charge in [-0.05, 0) is 55.9 Å². The van der Waals surface area contributed by atoms with Crippen molar-refractivity contribution in [2.75, 3.05) is 6.61 Å². The maximum absolute atomic E-state index is 12.4. The first kappa shape index (κ1) is 16.8. The van der Waals surface area contributed by atoms with Gasteiger partial charge in [0.2, 0.25) is 5.88 Å². The molecule has 5 nitrogen and oxygen atoms in total. The van der Waals surface area contributed by atoms with Crippen LogP contribution in [-0.4, -0.2) is 23.5 Å². The fourth-order valence-corrected chi connectivity index (χ4v) is 2.73. The van der Waals surface area contributed by atoms with Gasteiger partial charge >= 0.3 is 0 Å². The molecule has 1 atom stereocenters. The first-order valence-electron chi connectivity index (χ1n) is 8.91. The Balaban J connectivity index is 1.70. The molecule has 24 heavy (non-hydrogen) atoms. The second-order valence-electron chi connectivity index (χ2n) is 7.40. The number of amides is 1. The monoisotopic (exact) mass is 327 g/mol. The summed E-state index contributed by atoms with van der Waals surface area (Å²) >= 11 is 0. The zero-order valence-corrected chi connectivity index (χ0v) is 14.4. The normalized spacial score (nSPS) is 18.1. The number of ether oxygens (including phenoxy) is 1. The number of hydrogen-bond acceptors (Lipinski definition) is 4. The summed E-state index contributed by atoms with van der Waals surface area (Å²) in [6.45, 7) is 4.75. The van der Waals surface area contributed by atoms with Crippen LogP contribution in [0.1, 0.15) is 67.9 Å². The minimum atomic E-state index is -0.488. The smallest absolute Gasteiger partial charge is 0.271 e. The highest BCUT2D eigenvalue weighted by molar-refractivity contribution is 5.92. The van der Waals surface area contributed by atoms with Gasteiger partial charge in [0, 0.05) is 5.56 Å². The number of nitrogens with one attached hydrogen (secondary N) is 1. The quantitative estimate of drug-likeness (QED) is 0.794. The van der Waals surface area contributed by atoms with E-state index in [1.165, 1.54) is 12.8 Å². The molecule has 128 valence electrons. The molecular formula is C19H25N3O2. The first-order valence-corrected chi connectivity index (χ1v) is 8.91. The number of nitriles is 1. The Hall–Kier alpha value is -2.09. The molecule has 2 aliphatic carbocycles. The van der Waals surface area contributed by atoms with E-state index in [0.29, 0.717) is 42.4 Å². The average Bonchev–Trinajstić information content (AvgIpc) is 3.45. The number of hydrogen-bond donors (Lipinski definition) is 1. The van der Waals surface area contributed by atoms with Crippen LogP contribution in [0.15, 0.2) is 12.1 Å². The van der Waals surface area contributed by atoms with Crippen LogP contribution in [0.3, 0.4) is 0 Å². The van der Waals surface area contributed by atoms with Crippen molar-refractivity contribution in [2.24, 2.45) is 11.8 Å². The van der Waals surface area contributed by atoms with E-state index in [-0.39, 0.29) is 5.91 Å². The Morgan fingerprint density at radius 1 is 1.38 bits per heavy atom. The number of rotatable bonds is 8. The van der Waals surface area contributed by atoms with Gasteiger partial charge in [-0.25, -0.2) is 4.98 Å². The molecule has 0 bridgehead atoms. The van der Waals surface area contributed by atoms with E-state index >= 15 is 0 Å². The summed E-state index contributed by atoms with van der Waals surface area (Å²) in [5.41, 5.74) is 1.44. The lowest BCUT2D eigenvalue weighted by atomic mass is 10.0. The van der Waals surface area contributed by atoms with Gasteiger partial charge in [0.1, 0.15) is 11.7 Å². The van der Waals surface area contributed by atoms with Gasteiger partial charge in [-0.3, -0.25) is 4.79 Å². The second-order valence-corrected chi connectivity index (χ2v) is 7.40. The summed E-state index contributed by atoms with van der Waals surface area (Å²) in [6, 6.07) is 5.37. The largest absolute Gasteiger partial charge is 0.477 e. The maximum atomic E-state index is 12.4. The third-order valence-corrected chi connectivity index (χ3v) is 4.46. The van der Waals surface area contributed by atoms with Crippen LogP contribution in [0.5, 0.6) is 5.88 Å². The van der Waals surface area contributed by atoms with Crippen molar-refractivity contribution in [3.8, 4) is 11.9 Å². The van der Waals surface area contributed by atoms with Crippen LogP contribution < -0.4 is 10.1 Å². The van der Waals surface area contributed by atoms with Crippen LogP contribution in [0.2, 0.25) is 0 Å². The molecule has 0 aliphatic heterocycles. The van der Waals surface area contributed by atoms with E-state index in [4.69, 9.17) is 4.74 Å². The van der Waals surface area contributed by atoms with Crippen molar-refractivity contribution < 1.29 is 9.53 Å². The molecule has 0 aromatic carbocycles. The first-order chi connectivity index (χ1) is 11.6. The van der Waals surface area contributed by atoms with Crippen LogP contribution in [0, 0.1) is 23.2 Å². The van der Waals surface area contributed by atoms with Crippen molar-refractivity contribution in [2.45, 2.75) is 57.9 Å². The topological polar surface area (TPSA) is 75.0 Å². The molecule has 1 heterocycles. The molecule has 1 unspecified atom stereocenters. The second kappa shape index (κ2) is 7.21. The molecule has 5 heteroatoms. The van der Waals surface area contributed by atoms with Crippen molar-refractivity contribution in [1.29, 1.82) is 5.26 Å². The van der Waals surface area contributed by atoms with E-state index in [1.54, 1.807) is 6.07 Å². The van der Waals surface area contributed by atoms with E-state index in [0.717, 1.165) is 18.4 Å². The van der Waals surface area contributed by atoms with Gasteiger partial charge in [-0.2, -0.15) is 5.26 Å². The predicted molar refractivity (Wildman–Crippen MR) is 90.8 cm³/mol. The van der Waals surface area contributed by atoms with Crippen LogP contribution in [0.25, 0.3) is 0 Å². The molecule has 0 saturated heterocycles. The summed E-state index contributed by atoms with van der Waals surface area (Å²) in [5.74, 6) is 1.81. The number of carbonyl (C=O) groups excluding carboxylic acids is 1. The minimum Gasteiger partial charge on any atom is -0.477 e. The molecule has 2 saturated carbocycles. The average molecular weight is 327 g/mol. The zero-order chi connectivity index (χ0) is 17.1. The minimum absolute atomic E-state index is 0.305. The van der Waals surface area contributed by atoms with Gasteiger partial charge in [0.15, 0.2) is 0 Å². The summed E-state index contributed by atoms with van der Waals surface area (Å²) < 4.78 is 5.89. The van der Waals surface area contributed by atoms with E-state index in [2.05, 4.69) is 16.4 Å². The molecule has 1 N–H and O–H groups in total. The Morgan fingerprint density at radius 3 is 2.71 bits per heavy atom. The van der Waals surface area contributed by atoms with Gasteiger partial charge in [-0.1, -0.05) is 19.9 Å². The van der Waals surface area contributed by atoms with Crippen molar-refractivity contribution in [3.05, 3.63) is 23.4 Å². The van der Waals surface area contributed by atoms with Gasteiger partial charge in [0.05, 0.1) is 12.7 Å². The van der Waals surface area contributed by atoms with Crippen LogP contribution in [-0.2, 0) is 0 Å².